The molecular weight excluding hydrogens is 358 g/mol. The summed E-state index contributed by atoms with van der Waals surface area (Å²) in [5, 5.41) is 11.6. The van der Waals surface area contributed by atoms with Crippen LogP contribution in [0.15, 0.2) is 47.0 Å². The van der Waals surface area contributed by atoms with E-state index in [-0.39, 0.29) is 23.1 Å². The second kappa shape index (κ2) is 6.48. The molecule has 2 N–H and O–H groups in total. The molecule has 27 heavy (non-hydrogen) atoms. The van der Waals surface area contributed by atoms with Gasteiger partial charge in [0.15, 0.2) is 17.3 Å². The van der Waals surface area contributed by atoms with Gasteiger partial charge in [0, 0.05) is 11.6 Å². The van der Waals surface area contributed by atoms with Crippen molar-refractivity contribution in [3.8, 4) is 34.4 Å². The Hall–Kier alpha value is -3.82. The van der Waals surface area contributed by atoms with Crippen LogP contribution < -0.4 is 10.5 Å². The van der Waals surface area contributed by atoms with Gasteiger partial charge in [-0.25, -0.2) is 8.78 Å². The van der Waals surface area contributed by atoms with Gasteiger partial charge in [0.2, 0.25) is 5.82 Å². The first-order valence-electron chi connectivity index (χ1n) is 7.72. The van der Waals surface area contributed by atoms with E-state index in [9.17, 15) is 8.78 Å². The number of rotatable bonds is 4. The largest absolute Gasteiger partial charge is 0.497 e. The molecule has 4 rings (SSSR count). The average molecular weight is 370 g/mol. The maximum Gasteiger partial charge on any atom is 0.282 e. The van der Waals surface area contributed by atoms with Crippen LogP contribution in [0.5, 0.6) is 5.75 Å². The van der Waals surface area contributed by atoms with Crippen LogP contribution in [0, 0.1) is 11.6 Å². The maximum absolute atomic E-state index is 14.0. The summed E-state index contributed by atoms with van der Waals surface area (Å²) in [7, 11) is 1.57. The number of benzene rings is 2. The quantitative estimate of drug-likeness (QED) is 0.589. The Morgan fingerprint density at radius 3 is 2.59 bits per heavy atom. The molecule has 0 bridgehead atoms. The normalized spacial score (nSPS) is 10.9. The summed E-state index contributed by atoms with van der Waals surface area (Å²) in [4.78, 5) is 4.24. The van der Waals surface area contributed by atoms with Crippen molar-refractivity contribution in [3.05, 3.63) is 54.1 Å². The molecule has 0 atom stereocenters. The molecule has 0 amide bonds. The molecule has 0 unspecified atom stereocenters. The van der Waals surface area contributed by atoms with Gasteiger partial charge in [-0.2, -0.15) is 9.67 Å². The minimum atomic E-state index is -0.831. The van der Waals surface area contributed by atoms with Gasteiger partial charge in [0.25, 0.3) is 5.89 Å². The number of halogens is 2. The number of ether oxygens (including phenoxy) is 1. The third kappa shape index (κ3) is 2.97. The molecule has 0 saturated carbocycles. The van der Waals surface area contributed by atoms with Crippen LogP contribution in [0.3, 0.4) is 0 Å². The van der Waals surface area contributed by atoms with Gasteiger partial charge >= 0.3 is 0 Å². The summed E-state index contributed by atoms with van der Waals surface area (Å²) in [6.07, 6.45) is 0. The van der Waals surface area contributed by atoms with E-state index in [1.165, 1.54) is 6.07 Å². The van der Waals surface area contributed by atoms with Crippen molar-refractivity contribution in [2.75, 3.05) is 12.8 Å². The summed E-state index contributed by atoms with van der Waals surface area (Å²) in [5.74, 6) is -0.540. The first-order chi connectivity index (χ1) is 13.1. The van der Waals surface area contributed by atoms with Gasteiger partial charge in [0.05, 0.1) is 7.11 Å². The van der Waals surface area contributed by atoms with Crippen LogP contribution in [0.2, 0.25) is 0 Å². The lowest BCUT2D eigenvalue weighted by atomic mass is 10.2. The van der Waals surface area contributed by atoms with Gasteiger partial charge in [-0.05, 0) is 36.4 Å². The minimum Gasteiger partial charge on any atom is -0.497 e. The van der Waals surface area contributed by atoms with E-state index < -0.39 is 11.6 Å². The molecule has 136 valence electrons. The summed E-state index contributed by atoms with van der Waals surface area (Å²) in [6.45, 7) is 0. The van der Waals surface area contributed by atoms with E-state index >= 15 is 0 Å². The number of hydrogen-bond donors (Lipinski definition) is 1. The third-order valence-corrected chi connectivity index (χ3v) is 3.82. The molecule has 0 aliphatic rings. The zero-order valence-corrected chi connectivity index (χ0v) is 13.9. The van der Waals surface area contributed by atoms with Crippen molar-refractivity contribution in [2.24, 2.45) is 0 Å². The van der Waals surface area contributed by atoms with Crippen molar-refractivity contribution in [2.45, 2.75) is 0 Å². The molecule has 0 aliphatic heterocycles. The van der Waals surface area contributed by atoms with Crippen LogP contribution in [-0.2, 0) is 0 Å². The number of nitrogen functional groups attached to an aromatic ring is 1. The Morgan fingerprint density at radius 2 is 1.89 bits per heavy atom. The van der Waals surface area contributed by atoms with Crippen molar-refractivity contribution in [1.82, 2.24) is 25.1 Å². The zero-order valence-electron chi connectivity index (χ0n) is 13.9. The molecule has 0 spiro atoms. The molecule has 2 aromatic carbocycles. The summed E-state index contributed by atoms with van der Waals surface area (Å²) in [6, 6.07) is 10.1. The van der Waals surface area contributed by atoms with Gasteiger partial charge in [-0.15, -0.1) is 5.10 Å². The molecule has 0 saturated heterocycles. The van der Waals surface area contributed by atoms with Crippen LogP contribution in [0.4, 0.5) is 14.6 Å². The smallest absolute Gasteiger partial charge is 0.282 e. The van der Waals surface area contributed by atoms with E-state index in [0.717, 1.165) is 16.8 Å². The van der Waals surface area contributed by atoms with Crippen molar-refractivity contribution in [3.63, 3.8) is 0 Å². The highest BCUT2D eigenvalue weighted by Gasteiger charge is 2.21. The fraction of sp³-hybridized carbons (Fsp3) is 0.0588. The van der Waals surface area contributed by atoms with E-state index in [0.29, 0.717) is 17.1 Å². The lowest BCUT2D eigenvalue weighted by Crippen LogP contribution is -2.05. The fourth-order valence-electron chi connectivity index (χ4n) is 2.45. The molecular formula is C17H12F2N6O2. The molecule has 2 heterocycles. The summed E-state index contributed by atoms with van der Waals surface area (Å²) < 4.78 is 38.4. The molecule has 2 aromatic heterocycles. The summed E-state index contributed by atoms with van der Waals surface area (Å²) in [5.41, 5.74) is 6.72. The first-order valence-corrected chi connectivity index (χ1v) is 7.72. The van der Waals surface area contributed by atoms with E-state index in [1.807, 2.05) is 0 Å². The zero-order chi connectivity index (χ0) is 19.0. The summed E-state index contributed by atoms with van der Waals surface area (Å²) >= 11 is 0. The Balaban J connectivity index is 1.69. The van der Waals surface area contributed by atoms with Gasteiger partial charge < -0.3 is 15.0 Å². The molecule has 4 aromatic rings. The lowest BCUT2D eigenvalue weighted by molar-refractivity contribution is 0.414. The maximum atomic E-state index is 14.0. The predicted octanol–water partition coefficient (Wildman–Crippen LogP) is 2.85. The molecule has 8 nitrogen and oxygen atoms in total. The van der Waals surface area contributed by atoms with E-state index in [2.05, 4.69) is 20.5 Å². The number of methoxy groups -OCH3 is 1. The van der Waals surface area contributed by atoms with Crippen LogP contribution in [-0.4, -0.2) is 32.2 Å². The minimum absolute atomic E-state index is 0.0205. The van der Waals surface area contributed by atoms with E-state index in [1.54, 1.807) is 31.4 Å². The molecule has 0 fully saturated rings. The molecule has 0 aliphatic carbocycles. The Bertz CT molecular complexity index is 1110. The molecule has 10 heteroatoms. The predicted molar refractivity (Wildman–Crippen MR) is 91.0 cm³/mol. The van der Waals surface area contributed by atoms with Crippen LogP contribution in [0.1, 0.15) is 0 Å². The monoisotopic (exact) mass is 370 g/mol. The van der Waals surface area contributed by atoms with Crippen LogP contribution in [0.25, 0.3) is 28.7 Å². The second-order valence-corrected chi connectivity index (χ2v) is 5.48. The standard InChI is InChI=1S/C17H12F2N6O2/c1-26-11-5-2-9(3-6-11)16-21-17(27-23-16)14-15(20)25(24-22-14)13-7-4-10(18)8-12(13)19/h2-8H,20H2,1H3. The average Bonchev–Trinajstić information content (AvgIpc) is 3.29. The topological polar surface area (TPSA) is 105 Å². The number of nitrogens with two attached hydrogens (primary N) is 1. The number of nitrogens with zero attached hydrogens (tertiary/aromatic N) is 5. The SMILES string of the molecule is COc1ccc(-c2noc(-c3nnn(-c4ccc(F)cc4F)c3N)n2)cc1. The number of aromatic nitrogens is 5. The van der Waals surface area contributed by atoms with Crippen molar-refractivity contribution < 1.29 is 18.0 Å². The van der Waals surface area contributed by atoms with Gasteiger partial charge in [-0.3, -0.25) is 0 Å². The van der Waals surface area contributed by atoms with Gasteiger partial charge in [-0.1, -0.05) is 10.4 Å². The lowest BCUT2D eigenvalue weighted by Gasteiger charge is -2.04. The van der Waals surface area contributed by atoms with E-state index in [4.69, 9.17) is 15.0 Å². The highest BCUT2D eigenvalue weighted by atomic mass is 19.1. The Morgan fingerprint density at radius 1 is 1.11 bits per heavy atom. The number of hydrogen-bond acceptors (Lipinski definition) is 7. The second-order valence-electron chi connectivity index (χ2n) is 5.48. The fourth-order valence-corrected chi connectivity index (χ4v) is 2.45. The van der Waals surface area contributed by atoms with Gasteiger partial charge in [0.1, 0.15) is 17.3 Å². The highest BCUT2D eigenvalue weighted by molar-refractivity contribution is 5.66. The first kappa shape index (κ1) is 16.6. The van der Waals surface area contributed by atoms with Crippen molar-refractivity contribution >= 4 is 5.82 Å². The Labute approximate surface area is 151 Å². The Kier molecular flexibility index (Phi) is 3.99. The van der Waals surface area contributed by atoms with Crippen molar-refractivity contribution in [1.29, 1.82) is 0 Å². The third-order valence-electron chi connectivity index (χ3n) is 3.82. The highest BCUT2D eigenvalue weighted by Crippen LogP contribution is 2.27. The molecule has 0 radical (unpaired) electrons. The number of anilines is 1. The van der Waals surface area contributed by atoms with Crippen LogP contribution >= 0.6 is 0 Å².